The lowest BCUT2D eigenvalue weighted by molar-refractivity contribution is -0.121. The molecular formula is C12H22N2O2S. The number of rotatable bonds is 4. The van der Waals surface area contributed by atoms with Crippen LogP contribution in [0.1, 0.15) is 27.2 Å². The van der Waals surface area contributed by atoms with Gasteiger partial charge >= 0.3 is 6.03 Å². The van der Waals surface area contributed by atoms with Crippen molar-refractivity contribution in [1.82, 2.24) is 10.2 Å². The first-order chi connectivity index (χ1) is 8.06. The number of carbonyl (C=O) groups is 2. The van der Waals surface area contributed by atoms with Gasteiger partial charge in [0, 0.05) is 31.0 Å². The van der Waals surface area contributed by atoms with Crippen LogP contribution >= 0.6 is 11.8 Å². The summed E-state index contributed by atoms with van der Waals surface area (Å²) >= 11 is 1.86. The molecule has 5 heteroatoms. The molecule has 1 saturated heterocycles. The van der Waals surface area contributed by atoms with Gasteiger partial charge in [0.15, 0.2) is 5.78 Å². The van der Waals surface area contributed by atoms with Crippen molar-refractivity contribution in [2.45, 2.75) is 33.2 Å². The Labute approximate surface area is 108 Å². The maximum atomic E-state index is 12.0. The summed E-state index contributed by atoms with van der Waals surface area (Å²) in [4.78, 5) is 25.5. The summed E-state index contributed by atoms with van der Waals surface area (Å²) in [7, 11) is 0. The second kappa shape index (κ2) is 6.89. The summed E-state index contributed by atoms with van der Waals surface area (Å²) in [5.41, 5.74) is 0. The van der Waals surface area contributed by atoms with Crippen molar-refractivity contribution in [1.29, 1.82) is 0 Å². The van der Waals surface area contributed by atoms with Crippen molar-refractivity contribution < 1.29 is 9.59 Å². The third-order valence-corrected chi connectivity index (χ3v) is 3.88. The maximum absolute atomic E-state index is 12.0. The molecule has 0 aliphatic carbocycles. The van der Waals surface area contributed by atoms with Crippen molar-refractivity contribution >= 4 is 23.6 Å². The summed E-state index contributed by atoms with van der Waals surface area (Å²) in [5.74, 6) is 2.23. The molecule has 1 N–H and O–H groups in total. The van der Waals surface area contributed by atoms with Crippen LogP contribution < -0.4 is 5.32 Å². The monoisotopic (exact) mass is 258 g/mol. The van der Waals surface area contributed by atoms with Crippen LogP contribution in [0.3, 0.4) is 0 Å². The molecule has 1 rings (SSSR count). The average molecular weight is 258 g/mol. The summed E-state index contributed by atoms with van der Waals surface area (Å²) in [5, 5.41) is 2.87. The van der Waals surface area contributed by atoms with Gasteiger partial charge < -0.3 is 10.2 Å². The molecule has 98 valence electrons. The molecule has 0 spiro atoms. The standard InChI is InChI=1S/C12H22N2O2S/c1-4-10(15)11(9(2)3)13-12(16)14-5-7-17-8-6-14/h9,11H,4-8H2,1-3H3,(H,13,16)/t11-/m0/s1. The Morgan fingerprint density at radius 1 is 1.29 bits per heavy atom. The van der Waals surface area contributed by atoms with Crippen LogP contribution in [0.4, 0.5) is 4.79 Å². The first kappa shape index (κ1) is 14.4. The normalized spacial score (nSPS) is 18.0. The predicted molar refractivity (Wildman–Crippen MR) is 71.4 cm³/mol. The number of amides is 2. The zero-order valence-electron chi connectivity index (χ0n) is 10.9. The number of hydrogen-bond acceptors (Lipinski definition) is 3. The SMILES string of the molecule is CCC(=O)[C@@H](NC(=O)N1CCSCC1)C(C)C. The van der Waals surface area contributed by atoms with E-state index in [1.165, 1.54) is 0 Å². The van der Waals surface area contributed by atoms with Crippen LogP contribution in [-0.4, -0.2) is 47.4 Å². The van der Waals surface area contributed by atoms with E-state index in [0.29, 0.717) is 6.42 Å². The molecule has 0 radical (unpaired) electrons. The smallest absolute Gasteiger partial charge is 0.318 e. The van der Waals surface area contributed by atoms with Crippen LogP contribution in [-0.2, 0) is 4.79 Å². The lowest BCUT2D eigenvalue weighted by Crippen LogP contribution is -2.51. The highest BCUT2D eigenvalue weighted by Gasteiger charge is 2.25. The van der Waals surface area contributed by atoms with Crippen LogP contribution in [0, 0.1) is 5.92 Å². The Kier molecular flexibility index (Phi) is 5.82. The minimum atomic E-state index is -0.345. The van der Waals surface area contributed by atoms with E-state index in [-0.39, 0.29) is 23.8 Å². The zero-order valence-corrected chi connectivity index (χ0v) is 11.7. The van der Waals surface area contributed by atoms with E-state index in [0.717, 1.165) is 24.6 Å². The number of urea groups is 1. The first-order valence-electron chi connectivity index (χ1n) is 6.22. The van der Waals surface area contributed by atoms with Crippen LogP contribution in [0.2, 0.25) is 0 Å². The molecule has 0 aromatic carbocycles. The van der Waals surface area contributed by atoms with Gasteiger partial charge in [0.2, 0.25) is 0 Å². The van der Waals surface area contributed by atoms with Gasteiger partial charge in [-0.15, -0.1) is 0 Å². The molecule has 17 heavy (non-hydrogen) atoms. The number of ketones is 1. The number of thioether (sulfide) groups is 1. The lowest BCUT2D eigenvalue weighted by atomic mass is 9.98. The van der Waals surface area contributed by atoms with E-state index in [1.54, 1.807) is 4.90 Å². The summed E-state index contributed by atoms with van der Waals surface area (Å²) in [6.07, 6.45) is 0.471. The minimum Gasteiger partial charge on any atom is -0.328 e. The minimum absolute atomic E-state index is 0.0919. The van der Waals surface area contributed by atoms with Gasteiger partial charge in [0.1, 0.15) is 0 Å². The molecule has 0 unspecified atom stereocenters. The fraction of sp³-hybridized carbons (Fsp3) is 0.833. The molecule has 1 aliphatic heterocycles. The molecule has 1 aliphatic rings. The molecule has 0 aromatic rings. The van der Waals surface area contributed by atoms with E-state index in [1.807, 2.05) is 32.5 Å². The van der Waals surface area contributed by atoms with Crippen molar-refractivity contribution in [3.05, 3.63) is 0 Å². The molecule has 1 atom stereocenters. The second-order valence-electron chi connectivity index (χ2n) is 4.59. The Morgan fingerprint density at radius 3 is 2.35 bits per heavy atom. The van der Waals surface area contributed by atoms with Crippen LogP contribution in [0.5, 0.6) is 0 Å². The highest BCUT2D eigenvalue weighted by molar-refractivity contribution is 7.99. The summed E-state index contributed by atoms with van der Waals surface area (Å²) in [6, 6.07) is -0.437. The topological polar surface area (TPSA) is 49.4 Å². The van der Waals surface area contributed by atoms with E-state index in [2.05, 4.69) is 5.32 Å². The number of nitrogens with one attached hydrogen (secondary N) is 1. The molecule has 4 nitrogen and oxygen atoms in total. The number of hydrogen-bond donors (Lipinski definition) is 1. The first-order valence-corrected chi connectivity index (χ1v) is 7.37. The summed E-state index contributed by atoms with van der Waals surface area (Å²) in [6.45, 7) is 7.32. The van der Waals surface area contributed by atoms with Gasteiger partial charge in [-0.25, -0.2) is 4.79 Å². The Balaban J connectivity index is 2.54. The van der Waals surface area contributed by atoms with Crippen molar-refractivity contribution in [3.63, 3.8) is 0 Å². The van der Waals surface area contributed by atoms with Gasteiger partial charge in [0.05, 0.1) is 6.04 Å². The van der Waals surface area contributed by atoms with Crippen molar-refractivity contribution in [2.75, 3.05) is 24.6 Å². The third-order valence-electron chi connectivity index (χ3n) is 2.94. The lowest BCUT2D eigenvalue weighted by Gasteiger charge is -2.29. The average Bonchev–Trinajstić information content (AvgIpc) is 2.35. The Bertz CT molecular complexity index is 276. The molecule has 1 heterocycles. The van der Waals surface area contributed by atoms with Gasteiger partial charge in [0.25, 0.3) is 0 Å². The fourth-order valence-corrected chi connectivity index (χ4v) is 2.73. The van der Waals surface area contributed by atoms with E-state index < -0.39 is 0 Å². The van der Waals surface area contributed by atoms with Crippen molar-refractivity contribution in [2.24, 2.45) is 5.92 Å². The Morgan fingerprint density at radius 2 is 1.88 bits per heavy atom. The number of nitrogens with zero attached hydrogens (tertiary/aromatic N) is 1. The highest BCUT2D eigenvalue weighted by Crippen LogP contribution is 2.11. The molecular weight excluding hydrogens is 236 g/mol. The molecule has 0 aromatic heterocycles. The van der Waals surface area contributed by atoms with E-state index >= 15 is 0 Å². The summed E-state index contributed by atoms with van der Waals surface area (Å²) < 4.78 is 0. The zero-order chi connectivity index (χ0) is 12.8. The molecule has 1 fully saturated rings. The van der Waals surface area contributed by atoms with Gasteiger partial charge in [-0.3, -0.25) is 4.79 Å². The van der Waals surface area contributed by atoms with Crippen LogP contribution in [0.25, 0.3) is 0 Å². The largest absolute Gasteiger partial charge is 0.328 e. The van der Waals surface area contributed by atoms with Gasteiger partial charge in [-0.1, -0.05) is 20.8 Å². The third kappa shape index (κ3) is 4.22. The fourth-order valence-electron chi connectivity index (χ4n) is 1.83. The second-order valence-corrected chi connectivity index (χ2v) is 5.82. The van der Waals surface area contributed by atoms with E-state index in [4.69, 9.17) is 0 Å². The van der Waals surface area contributed by atoms with Crippen molar-refractivity contribution in [3.8, 4) is 0 Å². The predicted octanol–water partition coefficient (Wildman–Crippen LogP) is 1.75. The highest BCUT2D eigenvalue weighted by atomic mass is 32.2. The maximum Gasteiger partial charge on any atom is 0.318 e. The number of Topliss-reactive ketones (excluding diaryl/α,β-unsaturated/α-hetero) is 1. The van der Waals surface area contributed by atoms with Gasteiger partial charge in [-0.05, 0) is 5.92 Å². The quantitative estimate of drug-likeness (QED) is 0.835. The molecule has 0 bridgehead atoms. The molecule has 0 saturated carbocycles. The van der Waals surface area contributed by atoms with E-state index in [9.17, 15) is 9.59 Å². The van der Waals surface area contributed by atoms with Crippen LogP contribution in [0.15, 0.2) is 0 Å². The molecule has 2 amide bonds. The van der Waals surface area contributed by atoms with Gasteiger partial charge in [-0.2, -0.15) is 11.8 Å². The number of carbonyl (C=O) groups excluding carboxylic acids is 2. The Hall–Kier alpha value is -0.710.